The van der Waals surface area contributed by atoms with Gasteiger partial charge >= 0.3 is 0 Å². The van der Waals surface area contributed by atoms with Gasteiger partial charge in [-0.2, -0.15) is 5.26 Å². The predicted octanol–water partition coefficient (Wildman–Crippen LogP) is 3.42. The number of rotatable bonds is 5. The first kappa shape index (κ1) is 22.0. The maximum Gasteiger partial charge on any atom is 0.253 e. The number of aliphatic hydroxyl groups is 1. The molecule has 1 heterocycles. The van der Waals surface area contributed by atoms with Gasteiger partial charge in [0, 0.05) is 31.5 Å². The van der Waals surface area contributed by atoms with Gasteiger partial charge in [0.15, 0.2) is 0 Å². The molecule has 1 saturated heterocycles. The first-order valence-electron chi connectivity index (χ1n) is 11.2. The molecule has 2 aliphatic rings. The lowest BCUT2D eigenvalue weighted by atomic mass is 9.72. The van der Waals surface area contributed by atoms with Gasteiger partial charge in [-0.3, -0.25) is 9.59 Å². The minimum atomic E-state index is -0.604. The van der Waals surface area contributed by atoms with Gasteiger partial charge in [0.25, 0.3) is 5.91 Å². The standard InChI is InChI=1S/C26H29N3O3/c1-28(2)25(31)19-11-7-10-18(14-19)20-12-5-6-13-21(20)24-22(15-27)29(23(24)16-30)26(32)17-8-3-4-9-17/h5-7,10-14,17,22-24,30H,3-4,8-9,16H2,1-2H3/t22-,23+,24+/m1/s1. The smallest absolute Gasteiger partial charge is 0.253 e. The fraction of sp³-hybridized carbons (Fsp3) is 0.423. The molecule has 1 saturated carbocycles. The number of nitrogens with zero attached hydrogens (tertiary/aromatic N) is 3. The van der Waals surface area contributed by atoms with Gasteiger partial charge < -0.3 is 14.9 Å². The Morgan fingerprint density at radius 3 is 2.50 bits per heavy atom. The Morgan fingerprint density at radius 1 is 1.12 bits per heavy atom. The fourth-order valence-electron chi connectivity index (χ4n) is 5.20. The lowest BCUT2D eigenvalue weighted by molar-refractivity contribution is -0.151. The van der Waals surface area contributed by atoms with E-state index >= 15 is 0 Å². The molecular weight excluding hydrogens is 402 g/mol. The number of benzene rings is 2. The molecule has 6 nitrogen and oxygen atoms in total. The molecule has 1 aliphatic heterocycles. The van der Waals surface area contributed by atoms with Crippen molar-refractivity contribution >= 4 is 11.8 Å². The van der Waals surface area contributed by atoms with Crippen molar-refractivity contribution in [2.75, 3.05) is 20.7 Å². The van der Waals surface area contributed by atoms with E-state index in [1.807, 2.05) is 42.5 Å². The van der Waals surface area contributed by atoms with Crippen molar-refractivity contribution in [2.24, 2.45) is 5.92 Å². The van der Waals surface area contributed by atoms with E-state index in [-0.39, 0.29) is 30.3 Å². The van der Waals surface area contributed by atoms with Crippen LogP contribution in [0.3, 0.4) is 0 Å². The van der Waals surface area contributed by atoms with Crippen LogP contribution in [0.1, 0.15) is 47.5 Å². The van der Waals surface area contributed by atoms with E-state index in [0.29, 0.717) is 5.56 Å². The Morgan fingerprint density at radius 2 is 1.84 bits per heavy atom. The first-order chi connectivity index (χ1) is 15.5. The highest BCUT2D eigenvalue weighted by Crippen LogP contribution is 2.45. The minimum absolute atomic E-state index is 0.000378. The number of likely N-dealkylation sites (tertiary alicyclic amines) is 1. The van der Waals surface area contributed by atoms with Gasteiger partial charge in [-0.05, 0) is 41.7 Å². The van der Waals surface area contributed by atoms with E-state index in [1.54, 1.807) is 25.1 Å². The number of hydrogen-bond acceptors (Lipinski definition) is 4. The summed E-state index contributed by atoms with van der Waals surface area (Å²) in [6.45, 7) is -0.186. The predicted molar refractivity (Wildman–Crippen MR) is 122 cm³/mol. The van der Waals surface area contributed by atoms with E-state index in [0.717, 1.165) is 42.4 Å². The Hall–Kier alpha value is -3.17. The number of hydrogen-bond donors (Lipinski definition) is 1. The van der Waals surface area contributed by atoms with Crippen molar-refractivity contribution < 1.29 is 14.7 Å². The van der Waals surface area contributed by atoms with E-state index in [2.05, 4.69) is 6.07 Å². The molecule has 3 atom stereocenters. The maximum atomic E-state index is 13.1. The number of amides is 2. The number of carbonyl (C=O) groups is 2. The summed E-state index contributed by atoms with van der Waals surface area (Å²) in [4.78, 5) is 28.7. The van der Waals surface area contributed by atoms with Crippen LogP contribution in [0.4, 0.5) is 0 Å². The molecule has 0 bridgehead atoms. The third kappa shape index (κ3) is 3.78. The van der Waals surface area contributed by atoms with Crippen LogP contribution in [0.15, 0.2) is 48.5 Å². The van der Waals surface area contributed by atoms with Gasteiger partial charge in [0.2, 0.25) is 5.91 Å². The van der Waals surface area contributed by atoms with Crippen molar-refractivity contribution in [1.29, 1.82) is 5.26 Å². The molecule has 0 aromatic heterocycles. The molecule has 0 spiro atoms. The summed E-state index contributed by atoms with van der Waals surface area (Å²) in [5.74, 6) is -0.394. The number of carbonyl (C=O) groups excluding carboxylic acids is 2. The number of aliphatic hydroxyl groups excluding tert-OH is 1. The Kier molecular flexibility index (Phi) is 6.29. The Bertz CT molecular complexity index is 1050. The molecule has 166 valence electrons. The summed E-state index contributed by atoms with van der Waals surface area (Å²) < 4.78 is 0. The van der Waals surface area contributed by atoms with Crippen molar-refractivity contribution in [3.05, 3.63) is 59.7 Å². The number of nitriles is 1. The van der Waals surface area contributed by atoms with Crippen molar-refractivity contribution in [3.8, 4) is 17.2 Å². The summed E-state index contributed by atoms with van der Waals surface area (Å²) in [5.41, 5.74) is 3.30. The highest BCUT2D eigenvalue weighted by molar-refractivity contribution is 5.95. The van der Waals surface area contributed by atoms with Crippen LogP contribution in [-0.4, -0.2) is 59.5 Å². The van der Waals surface area contributed by atoms with E-state index in [1.165, 1.54) is 4.90 Å². The second-order valence-electron chi connectivity index (χ2n) is 8.94. The average molecular weight is 432 g/mol. The van der Waals surface area contributed by atoms with Crippen LogP contribution in [0.25, 0.3) is 11.1 Å². The van der Waals surface area contributed by atoms with Gasteiger partial charge in [0.05, 0.1) is 18.7 Å². The molecule has 2 amide bonds. The normalized spacial score (nSPS) is 22.8. The molecule has 2 fully saturated rings. The average Bonchev–Trinajstić information content (AvgIpc) is 3.34. The molecule has 32 heavy (non-hydrogen) atoms. The maximum absolute atomic E-state index is 13.1. The molecule has 1 aliphatic carbocycles. The van der Waals surface area contributed by atoms with E-state index < -0.39 is 12.1 Å². The van der Waals surface area contributed by atoms with Gasteiger partial charge in [0.1, 0.15) is 6.04 Å². The quantitative estimate of drug-likeness (QED) is 0.786. The molecule has 1 N–H and O–H groups in total. The summed E-state index contributed by atoms with van der Waals surface area (Å²) >= 11 is 0. The van der Waals surface area contributed by atoms with Crippen LogP contribution < -0.4 is 0 Å². The van der Waals surface area contributed by atoms with Crippen molar-refractivity contribution in [2.45, 2.75) is 43.7 Å². The molecule has 6 heteroatoms. The zero-order valence-corrected chi connectivity index (χ0v) is 18.6. The first-order valence-corrected chi connectivity index (χ1v) is 11.2. The largest absolute Gasteiger partial charge is 0.394 e. The summed E-state index contributed by atoms with van der Waals surface area (Å²) in [7, 11) is 3.44. The fourth-order valence-corrected chi connectivity index (χ4v) is 5.20. The monoisotopic (exact) mass is 431 g/mol. The lowest BCUT2D eigenvalue weighted by Gasteiger charge is -2.52. The second-order valence-corrected chi connectivity index (χ2v) is 8.94. The molecule has 2 aromatic rings. The van der Waals surface area contributed by atoms with E-state index in [4.69, 9.17) is 0 Å². The van der Waals surface area contributed by atoms with Crippen LogP contribution >= 0.6 is 0 Å². The van der Waals surface area contributed by atoms with Crippen molar-refractivity contribution in [1.82, 2.24) is 9.80 Å². The highest BCUT2D eigenvalue weighted by atomic mass is 16.3. The topological polar surface area (TPSA) is 84.6 Å². The second kappa shape index (κ2) is 9.13. The molecule has 4 rings (SSSR count). The zero-order chi connectivity index (χ0) is 22.8. The van der Waals surface area contributed by atoms with Crippen molar-refractivity contribution in [3.63, 3.8) is 0 Å². The molecule has 2 aromatic carbocycles. The summed E-state index contributed by atoms with van der Waals surface area (Å²) in [6.07, 6.45) is 3.80. The summed E-state index contributed by atoms with van der Waals surface area (Å²) in [5, 5.41) is 20.1. The SMILES string of the molecule is CN(C)C(=O)c1cccc(-c2ccccc2[C@H]2[C@@H](C#N)N(C(=O)C3CCCC3)[C@H]2CO)c1. The third-order valence-corrected chi connectivity index (χ3v) is 6.84. The van der Waals surface area contributed by atoms with Gasteiger partial charge in [-0.15, -0.1) is 0 Å². The van der Waals surface area contributed by atoms with Crippen LogP contribution in [-0.2, 0) is 4.79 Å². The van der Waals surface area contributed by atoms with Crippen LogP contribution in [0.5, 0.6) is 0 Å². The third-order valence-electron chi connectivity index (χ3n) is 6.84. The van der Waals surface area contributed by atoms with Crippen LogP contribution in [0.2, 0.25) is 0 Å². The van der Waals surface area contributed by atoms with Gasteiger partial charge in [-0.1, -0.05) is 49.2 Å². The lowest BCUT2D eigenvalue weighted by Crippen LogP contribution is -2.66. The van der Waals surface area contributed by atoms with E-state index in [9.17, 15) is 20.0 Å². The minimum Gasteiger partial charge on any atom is -0.394 e. The Labute approximate surface area is 189 Å². The van der Waals surface area contributed by atoms with Crippen LogP contribution in [0, 0.1) is 17.2 Å². The highest BCUT2D eigenvalue weighted by Gasteiger charge is 2.53. The summed E-state index contributed by atoms with van der Waals surface area (Å²) in [6, 6.07) is 16.5. The Balaban J connectivity index is 1.69. The van der Waals surface area contributed by atoms with Gasteiger partial charge in [-0.25, -0.2) is 0 Å². The molecule has 0 radical (unpaired) electrons. The molecular formula is C26H29N3O3. The zero-order valence-electron chi connectivity index (χ0n) is 18.6. The molecule has 0 unspecified atom stereocenters.